The SMILES string of the molecule is c1ccc2c(c1)CN=C2c1ccnc(N2CCCCCC2)c1. The van der Waals surface area contributed by atoms with Gasteiger partial charge in [0, 0.05) is 30.4 Å². The van der Waals surface area contributed by atoms with Crippen LogP contribution in [-0.4, -0.2) is 23.8 Å². The van der Waals surface area contributed by atoms with Gasteiger partial charge in [-0.15, -0.1) is 0 Å². The van der Waals surface area contributed by atoms with E-state index in [1.54, 1.807) is 0 Å². The van der Waals surface area contributed by atoms with Crippen molar-refractivity contribution >= 4 is 11.5 Å². The molecule has 0 aliphatic carbocycles. The van der Waals surface area contributed by atoms with Crippen LogP contribution in [0.5, 0.6) is 0 Å². The number of aromatic nitrogens is 1. The van der Waals surface area contributed by atoms with Crippen LogP contribution >= 0.6 is 0 Å². The van der Waals surface area contributed by atoms with Gasteiger partial charge in [-0.25, -0.2) is 4.98 Å². The predicted octanol–water partition coefficient (Wildman–Crippen LogP) is 3.81. The molecular formula is C19H21N3. The maximum atomic E-state index is 4.75. The molecule has 2 aliphatic heterocycles. The molecule has 112 valence electrons. The molecule has 3 heterocycles. The van der Waals surface area contributed by atoms with E-state index in [0.29, 0.717) is 0 Å². The molecule has 22 heavy (non-hydrogen) atoms. The molecule has 0 spiro atoms. The summed E-state index contributed by atoms with van der Waals surface area (Å²) in [7, 11) is 0. The summed E-state index contributed by atoms with van der Waals surface area (Å²) in [6.45, 7) is 3.05. The van der Waals surface area contributed by atoms with E-state index in [9.17, 15) is 0 Å². The van der Waals surface area contributed by atoms with E-state index < -0.39 is 0 Å². The van der Waals surface area contributed by atoms with Crippen LogP contribution in [0.1, 0.15) is 42.4 Å². The third kappa shape index (κ3) is 2.52. The van der Waals surface area contributed by atoms with Gasteiger partial charge in [0.2, 0.25) is 0 Å². The quantitative estimate of drug-likeness (QED) is 0.841. The van der Waals surface area contributed by atoms with Crippen molar-refractivity contribution in [3.8, 4) is 0 Å². The van der Waals surface area contributed by atoms with E-state index >= 15 is 0 Å². The lowest BCUT2D eigenvalue weighted by Gasteiger charge is -2.21. The Morgan fingerprint density at radius 3 is 2.59 bits per heavy atom. The highest BCUT2D eigenvalue weighted by atomic mass is 15.2. The zero-order chi connectivity index (χ0) is 14.8. The first-order chi connectivity index (χ1) is 10.9. The van der Waals surface area contributed by atoms with E-state index in [1.807, 2.05) is 6.20 Å². The van der Waals surface area contributed by atoms with Crippen molar-refractivity contribution in [3.63, 3.8) is 0 Å². The third-order valence-electron chi connectivity index (χ3n) is 4.63. The van der Waals surface area contributed by atoms with Crippen molar-refractivity contribution in [1.82, 2.24) is 4.98 Å². The molecule has 3 heteroatoms. The molecule has 1 aromatic carbocycles. The highest BCUT2D eigenvalue weighted by molar-refractivity contribution is 6.15. The van der Waals surface area contributed by atoms with E-state index in [4.69, 9.17) is 4.99 Å². The predicted molar refractivity (Wildman–Crippen MR) is 90.7 cm³/mol. The number of rotatable bonds is 2. The Morgan fingerprint density at radius 1 is 0.909 bits per heavy atom. The van der Waals surface area contributed by atoms with Gasteiger partial charge in [0.15, 0.2) is 0 Å². The Bertz CT molecular complexity index is 697. The number of fused-ring (bicyclic) bond motifs is 1. The van der Waals surface area contributed by atoms with Crippen molar-refractivity contribution in [1.29, 1.82) is 0 Å². The zero-order valence-electron chi connectivity index (χ0n) is 12.8. The van der Waals surface area contributed by atoms with Crippen LogP contribution in [0.2, 0.25) is 0 Å². The van der Waals surface area contributed by atoms with Gasteiger partial charge >= 0.3 is 0 Å². The lowest BCUT2D eigenvalue weighted by atomic mass is 10.0. The van der Waals surface area contributed by atoms with Gasteiger partial charge in [0.05, 0.1) is 12.3 Å². The maximum Gasteiger partial charge on any atom is 0.129 e. The Morgan fingerprint density at radius 2 is 1.73 bits per heavy atom. The fraction of sp³-hybridized carbons (Fsp3) is 0.368. The molecule has 0 saturated carbocycles. The molecule has 4 rings (SSSR count). The highest BCUT2D eigenvalue weighted by Gasteiger charge is 2.18. The molecule has 0 unspecified atom stereocenters. The molecule has 2 aromatic rings. The summed E-state index contributed by atoms with van der Waals surface area (Å²) >= 11 is 0. The van der Waals surface area contributed by atoms with Gasteiger partial charge in [0.1, 0.15) is 5.82 Å². The molecule has 1 fully saturated rings. The van der Waals surface area contributed by atoms with Gasteiger partial charge < -0.3 is 4.90 Å². The number of anilines is 1. The standard InChI is InChI=1S/C19H21N3/c1-2-6-12-22(11-5-1)18-13-15(9-10-20-18)19-17-8-4-3-7-16(17)14-21-19/h3-4,7-10,13H,1-2,5-6,11-12,14H2. The van der Waals surface area contributed by atoms with Gasteiger partial charge in [0.25, 0.3) is 0 Å². The average molecular weight is 291 g/mol. The van der Waals surface area contributed by atoms with Crippen LogP contribution in [0.3, 0.4) is 0 Å². The van der Waals surface area contributed by atoms with Crippen molar-refractivity contribution in [2.24, 2.45) is 4.99 Å². The van der Waals surface area contributed by atoms with E-state index in [1.165, 1.54) is 42.4 Å². The molecule has 0 amide bonds. The molecule has 0 radical (unpaired) electrons. The van der Waals surface area contributed by atoms with Crippen molar-refractivity contribution in [2.75, 3.05) is 18.0 Å². The minimum absolute atomic E-state index is 0.798. The minimum Gasteiger partial charge on any atom is -0.357 e. The van der Waals surface area contributed by atoms with Gasteiger partial charge in [-0.1, -0.05) is 37.1 Å². The van der Waals surface area contributed by atoms with Gasteiger partial charge in [-0.3, -0.25) is 4.99 Å². The Hall–Kier alpha value is -2.16. The third-order valence-corrected chi connectivity index (χ3v) is 4.63. The average Bonchev–Trinajstić information content (AvgIpc) is 2.81. The number of pyridine rings is 1. The van der Waals surface area contributed by atoms with Crippen LogP contribution in [0.25, 0.3) is 0 Å². The number of nitrogens with zero attached hydrogens (tertiary/aromatic N) is 3. The van der Waals surface area contributed by atoms with Crippen LogP contribution in [0.4, 0.5) is 5.82 Å². The molecular weight excluding hydrogens is 270 g/mol. The number of hydrogen-bond donors (Lipinski definition) is 0. The lowest BCUT2D eigenvalue weighted by molar-refractivity contribution is 0.726. The zero-order valence-corrected chi connectivity index (χ0v) is 12.8. The Kier molecular flexibility index (Phi) is 3.63. The van der Waals surface area contributed by atoms with Crippen LogP contribution < -0.4 is 4.90 Å². The summed E-state index contributed by atoms with van der Waals surface area (Å²) in [5.41, 5.74) is 4.91. The lowest BCUT2D eigenvalue weighted by Crippen LogP contribution is -2.25. The van der Waals surface area contributed by atoms with Crippen molar-refractivity contribution < 1.29 is 0 Å². The monoisotopic (exact) mass is 291 g/mol. The summed E-state index contributed by atoms with van der Waals surface area (Å²) in [6, 6.07) is 12.8. The van der Waals surface area contributed by atoms with Crippen molar-refractivity contribution in [2.45, 2.75) is 32.2 Å². The van der Waals surface area contributed by atoms with Crippen LogP contribution in [0, 0.1) is 0 Å². The Balaban J connectivity index is 1.65. The minimum atomic E-state index is 0.798. The second kappa shape index (κ2) is 5.91. The smallest absolute Gasteiger partial charge is 0.129 e. The Labute approximate surface area is 131 Å². The van der Waals surface area contributed by atoms with E-state index in [-0.39, 0.29) is 0 Å². The normalized spacial score (nSPS) is 17.8. The summed E-state index contributed by atoms with van der Waals surface area (Å²) in [4.78, 5) is 11.8. The summed E-state index contributed by atoms with van der Waals surface area (Å²) in [6.07, 6.45) is 7.16. The number of hydrogen-bond acceptors (Lipinski definition) is 3. The maximum absolute atomic E-state index is 4.75. The molecule has 1 saturated heterocycles. The molecule has 2 aliphatic rings. The largest absolute Gasteiger partial charge is 0.357 e. The summed E-state index contributed by atoms with van der Waals surface area (Å²) < 4.78 is 0. The van der Waals surface area contributed by atoms with Gasteiger partial charge in [-0.2, -0.15) is 0 Å². The first-order valence-electron chi connectivity index (χ1n) is 8.26. The molecule has 0 atom stereocenters. The fourth-order valence-corrected chi connectivity index (χ4v) is 3.42. The second-order valence-electron chi connectivity index (χ2n) is 6.13. The van der Waals surface area contributed by atoms with Crippen LogP contribution in [-0.2, 0) is 6.54 Å². The topological polar surface area (TPSA) is 28.5 Å². The molecule has 3 nitrogen and oxygen atoms in total. The van der Waals surface area contributed by atoms with E-state index in [2.05, 4.69) is 46.3 Å². The van der Waals surface area contributed by atoms with E-state index in [0.717, 1.165) is 31.2 Å². The van der Waals surface area contributed by atoms with Crippen molar-refractivity contribution in [3.05, 3.63) is 59.3 Å². The summed E-state index contributed by atoms with van der Waals surface area (Å²) in [5.74, 6) is 1.10. The highest BCUT2D eigenvalue weighted by Crippen LogP contribution is 2.25. The number of benzene rings is 1. The second-order valence-corrected chi connectivity index (χ2v) is 6.13. The first-order valence-corrected chi connectivity index (χ1v) is 8.26. The first kappa shape index (κ1) is 13.5. The summed E-state index contributed by atoms with van der Waals surface area (Å²) in [5, 5.41) is 0. The molecule has 0 N–H and O–H groups in total. The molecule has 1 aromatic heterocycles. The fourth-order valence-electron chi connectivity index (χ4n) is 3.42. The van der Waals surface area contributed by atoms with Crippen LogP contribution in [0.15, 0.2) is 47.6 Å². The number of aliphatic imine (C=N–C) groups is 1. The van der Waals surface area contributed by atoms with Gasteiger partial charge in [-0.05, 0) is 30.5 Å². The molecule has 0 bridgehead atoms.